The molecule has 162 valence electrons. The summed E-state index contributed by atoms with van der Waals surface area (Å²) in [5.41, 5.74) is 3.96. The fourth-order valence-corrected chi connectivity index (χ4v) is 3.48. The fraction of sp³-hybridized carbons (Fsp3) is 0.214. The van der Waals surface area contributed by atoms with Crippen LogP contribution in [0.15, 0.2) is 96.0 Å². The third kappa shape index (κ3) is 5.73. The lowest BCUT2D eigenvalue weighted by Gasteiger charge is -2.06. The summed E-state index contributed by atoms with van der Waals surface area (Å²) < 4.78 is 7.72. The van der Waals surface area contributed by atoms with E-state index in [1.807, 2.05) is 89.8 Å². The van der Waals surface area contributed by atoms with Crippen molar-refractivity contribution < 1.29 is 4.74 Å². The molecule has 4 rings (SSSR count). The minimum absolute atomic E-state index is 0.770. The van der Waals surface area contributed by atoms with Gasteiger partial charge in [0.25, 0.3) is 0 Å². The van der Waals surface area contributed by atoms with Crippen molar-refractivity contribution in [2.75, 3.05) is 6.61 Å². The maximum Gasteiger partial charge on any atom is 0.156 e. The summed E-state index contributed by atoms with van der Waals surface area (Å²) in [6.07, 6.45) is 6.70. The zero-order chi connectivity index (χ0) is 22.0. The molecule has 0 fully saturated rings. The van der Waals surface area contributed by atoms with Crippen molar-refractivity contribution in [3.05, 3.63) is 96.6 Å². The molecule has 4 nitrogen and oxygen atoms in total. The van der Waals surface area contributed by atoms with E-state index in [1.165, 1.54) is 19.3 Å². The molecule has 0 saturated carbocycles. The average Bonchev–Trinajstić information content (AvgIpc) is 3.29. The summed E-state index contributed by atoms with van der Waals surface area (Å²) in [4.78, 5) is 4.76. The van der Waals surface area contributed by atoms with Crippen LogP contribution >= 0.6 is 0 Å². The monoisotopic (exact) mass is 423 g/mol. The van der Waals surface area contributed by atoms with Crippen molar-refractivity contribution >= 4 is 12.0 Å². The summed E-state index contributed by atoms with van der Waals surface area (Å²) in [7, 11) is 0. The Morgan fingerprint density at radius 2 is 1.56 bits per heavy atom. The van der Waals surface area contributed by atoms with Gasteiger partial charge >= 0.3 is 0 Å². The highest BCUT2D eigenvalue weighted by Gasteiger charge is 2.10. The molecule has 0 spiro atoms. The van der Waals surface area contributed by atoms with Crippen molar-refractivity contribution in [2.45, 2.75) is 32.6 Å². The molecular formula is C28H29N3O. The van der Waals surface area contributed by atoms with Gasteiger partial charge in [-0.05, 0) is 48.4 Å². The minimum atomic E-state index is 0.770. The molecule has 0 unspecified atom stereocenters. The number of hydrogen-bond acceptors (Lipinski definition) is 3. The molecule has 1 heterocycles. The van der Waals surface area contributed by atoms with Crippen LogP contribution in [0.5, 0.6) is 5.75 Å². The highest BCUT2D eigenvalue weighted by Crippen LogP contribution is 2.26. The summed E-state index contributed by atoms with van der Waals surface area (Å²) in [5.74, 6) is 1.69. The summed E-state index contributed by atoms with van der Waals surface area (Å²) in [5, 5.41) is 4.81. The smallest absolute Gasteiger partial charge is 0.156 e. The molecule has 4 heteroatoms. The largest absolute Gasteiger partial charge is 0.494 e. The molecule has 0 atom stereocenters. The Kier molecular flexibility index (Phi) is 7.48. The molecule has 0 aliphatic carbocycles. The van der Waals surface area contributed by atoms with Crippen molar-refractivity contribution in [1.82, 2.24) is 9.78 Å². The molecular weight excluding hydrogens is 394 g/mol. The first-order valence-corrected chi connectivity index (χ1v) is 11.3. The second-order valence-corrected chi connectivity index (χ2v) is 7.74. The van der Waals surface area contributed by atoms with Crippen molar-refractivity contribution in [1.29, 1.82) is 0 Å². The van der Waals surface area contributed by atoms with Crippen LogP contribution in [0.25, 0.3) is 16.9 Å². The van der Waals surface area contributed by atoms with Crippen molar-refractivity contribution in [2.24, 2.45) is 4.99 Å². The highest BCUT2D eigenvalue weighted by molar-refractivity contribution is 5.82. The molecule has 0 N–H and O–H groups in total. The summed E-state index contributed by atoms with van der Waals surface area (Å²) in [6.45, 7) is 2.99. The van der Waals surface area contributed by atoms with E-state index in [9.17, 15) is 0 Å². The summed E-state index contributed by atoms with van der Waals surface area (Å²) in [6, 6.07) is 30.4. The molecule has 32 heavy (non-hydrogen) atoms. The third-order valence-corrected chi connectivity index (χ3v) is 5.25. The predicted molar refractivity (Wildman–Crippen MR) is 132 cm³/mol. The lowest BCUT2D eigenvalue weighted by molar-refractivity contribution is 0.305. The van der Waals surface area contributed by atoms with Crippen LogP contribution in [0, 0.1) is 0 Å². The van der Waals surface area contributed by atoms with Gasteiger partial charge in [-0.2, -0.15) is 5.10 Å². The van der Waals surface area contributed by atoms with Crippen LogP contribution in [-0.4, -0.2) is 22.6 Å². The Bertz CT molecular complexity index is 1120. The standard InChI is InChI=1S/C28H29N3O/c1-2-3-4-11-20-32-26-18-16-23(17-19-26)22-29-28-21-27(24-12-7-5-8-13-24)30-31(28)25-14-9-6-10-15-25/h5-10,12-19,21-22H,2-4,11,20H2,1H3. The number of unbranched alkanes of at least 4 members (excludes halogenated alkanes) is 3. The van der Waals surface area contributed by atoms with Gasteiger partial charge in [-0.3, -0.25) is 0 Å². The van der Waals surface area contributed by atoms with Crippen LogP contribution in [-0.2, 0) is 0 Å². The average molecular weight is 424 g/mol. The number of aliphatic imine (C=N–C) groups is 1. The number of rotatable bonds is 10. The van der Waals surface area contributed by atoms with E-state index in [2.05, 4.69) is 19.1 Å². The number of ether oxygens (including phenoxy) is 1. The Balaban J connectivity index is 1.51. The van der Waals surface area contributed by atoms with Crippen molar-refractivity contribution in [3.63, 3.8) is 0 Å². The number of benzene rings is 3. The molecule has 0 saturated heterocycles. The number of aromatic nitrogens is 2. The number of nitrogens with zero attached hydrogens (tertiary/aromatic N) is 3. The Morgan fingerprint density at radius 1 is 0.844 bits per heavy atom. The predicted octanol–water partition coefficient (Wildman–Crippen LogP) is 7.25. The number of para-hydroxylation sites is 1. The lowest BCUT2D eigenvalue weighted by Crippen LogP contribution is -1.97. The van der Waals surface area contributed by atoms with Gasteiger partial charge in [0.15, 0.2) is 5.82 Å². The zero-order valence-corrected chi connectivity index (χ0v) is 18.5. The summed E-state index contributed by atoms with van der Waals surface area (Å²) >= 11 is 0. The zero-order valence-electron chi connectivity index (χ0n) is 18.5. The first kappa shape index (κ1) is 21.6. The minimum Gasteiger partial charge on any atom is -0.494 e. The quantitative estimate of drug-likeness (QED) is 0.199. The number of hydrogen-bond donors (Lipinski definition) is 0. The van der Waals surface area contributed by atoms with Crippen LogP contribution in [0.3, 0.4) is 0 Å². The van der Waals surface area contributed by atoms with E-state index in [0.29, 0.717) is 0 Å². The van der Waals surface area contributed by atoms with Crippen LogP contribution in [0.4, 0.5) is 5.82 Å². The SMILES string of the molecule is CCCCCCOc1ccc(C=Nc2cc(-c3ccccc3)nn2-c2ccccc2)cc1. The van der Waals surface area contributed by atoms with Gasteiger partial charge in [0.05, 0.1) is 18.0 Å². The lowest BCUT2D eigenvalue weighted by atomic mass is 10.2. The van der Waals surface area contributed by atoms with E-state index in [4.69, 9.17) is 14.8 Å². The fourth-order valence-electron chi connectivity index (χ4n) is 3.48. The van der Waals surface area contributed by atoms with E-state index < -0.39 is 0 Å². The van der Waals surface area contributed by atoms with Gasteiger partial charge in [-0.1, -0.05) is 74.7 Å². The maximum absolute atomic E-state index is 5.84. The maximum atomic E-state index is 5.84. The molecule has 3 aromatic carbocycles. The molecule has 1 aromatic heterocycles. The normalized spacial score (nSPS) is 11.2. The Hall–Kier alpha value is -3.66. The van der Waals surface area contributed by atoms with Gasteiger partial charge in [0, 0.05) is 17.8 Å². The van der Waals surface area contributed by atoms with E-state index in [0.717, 1.165) is 47.1 Å². The van der Waals surface area contributed by atoms with E-state index in [-0.39, 0.29) is 0 Å². The highest BCUT2D eigenvalue weighted by atomic mass is 16.5. The Labute approximate surface area is 190 Å². The van der Waals surface area contributed by atoms with E-state index >= 15 is 0 Å². The Morgan fingerprint density at radius 3 is 2.28 bits per heavy atom. The molecule has 0 amide bonds. The van der Waals surface area contributed by atoms with Crippen molar-refractivity contribution in [3.8, 4) is 22.7 Å². The van der Waals surface area contributed by atoms with E-state index in [1.54, 1.807) is 0 Å². The van der Waals surface area contributed by atoms with Crippen LogP contribution in [0.2, 0.25) is 0 Å². The van der Waals surface area contributed by atoms with Gasteiger partial charge in [-0.25, -0.2) is 9.67 Å². The molecule has 0 aliphatic heterocycles. The van der Waals surface area contributed by atoms with Crippen LogP contribution in [0.1, 0.15) is 38.2 Å². The van der Waals surface area contributed by atoms with Gasteiger partial charge < -0.3 is 4.74 Å². The molecule has 0 bridgehead atoms. The first-order valence-electron chi connectivity index (χ1n) is 11.3. The first-order chi connectivity index (χ1) is 15.8. The van der Waals surface area contributed by atoms with Gasteiger partial charge in [0.1, 0.15) is 5.75 Å². The molecule has 0 aliphatic rings. The van der Waals surface area contributed by atoms with Gasteiger partial charge in [-0.15, -0.1) is 0 Å². The second-order valence-electron chi connectivity index (χ2n) is 7.74. The van der Waals surface area contributed by atoms with Gasteiger partial charge in [0.2, 0.25) is 0 Å². The molecule has 0 radical (unpaired) electrons. The second kappa shape index (κ2) is 11.1. The van der Waals surface area contributed by atoms with Crippen LogP contribution < -0.4 is 4.74 Å². The third-order valence-electron chi connectivity index (χ3n) is 5.25. The molecule has 4 aromatic rings. The topological polar surface area (TPSA) is 39.4 Å².